The van der Waals surface area contributed by atoms with Crippen LogP contribution in [0, 0.1) is 0 Å². The molecule has 0 bridgehead atoms. The Balaban J connectivity index is 1.49. The van der Waals surface area contributed by atoms with E-state index < -0.39 is 0 Å². The topological polar surface area (TPSA) is 74.6 Å². The van der Waals surface area contributed by atoms with Gasteiger partial charge in [0.05, 0.1) is 18.4 Å². The standard InChI is InChI=1S/C24H25N3O3/c1-3-23(28)25-18-8-6-9-19(14-18)26-24(29)20-11-12-30-22(20)15-27-16(2)13-17-7-4-5-10-21(17)27/h4-12,14,16H,3,13,15H2,1-2H3,(H,25,28)(H,26,29). The zero-order chi connectivity index (χ0) is 21.1. The van der Waals surface area contributed by atoms with Crippen LogP contribution in [-0.4, -0.2) is 17.9 Å². The summed E-state index contributed by atoms with van der Waals surface area (Å²) in [6, 6.07) is 17.5. The predicted molar refractivity (Wildman–Crippen MR) is 118 cm³/mol. The number of carbonyl (C=O) groups is 2. The Labute approximate surface area is 175 Å². The number of benzene rings is 2. The highest BCUT2D eigenvalue weighted by Gasteiger charge is 2.28. The summed E-state index contributed by atoms with van der Waals surface area (Å²) in [5.74, 6) is 0.319. The van der Waals surface area contributed by atoms with E-state index in [1.165, 1.54) is 11.3 Å². The van der Waals surface area contributed by atoms with E-state index in [1.807, 2.05) is 6.07 Å². The summed E-state index contributed by atoms with van der Waals surface area (Å²) < 4.78 is 5.68. The van der Waals surface area contributed by atoms with Crippen molar-refractivity contribution in [2.75, 3.05) is 15.5 Å². The fourth-order valence-corrected chi connectivity index (χ4v) is 3.81. The van der Waals surface area contributed by atoms with Gasteiger partial charge in [-0.1, -0.05) is 31.2 Å². The van der Waals surface area contributed by atoms with Gasteiger partial charge in [0, 0.05) is 29.5 Å². The van der Waals surface area contributed by atoms with Crippen LogP contribution in [0.5, 0.6) is 0 Å². The first kappa shape index (κ1) is 19.8. The van der Waals surface area contributed by atoms with Crippen molar-refractivity contribution >= 4 is 28.9 Å². The normalized spacial score (nSPS) is 15.0. The lowest BCUT2D eigenvalue weighted by molar-refractivity contribution is -0.115. The van der Waals surface area contributed by atoms with Gasteiger partial charge in [0.1, 0.15) is 5.76 Å². The highest BCUT2D eigenvalue weighted by atomic mass is 16.3. The summed E-state index contributed by atoms with van der Waals surface area (Å²) >= 11 is 0. The second-order valence-electron chi connectivity index (χ2n) is 7.50. The number of nitrogens with zero attached hydrogens (tertiary/aromatic N) is 1. The fraction of sp³-hybridized carbons (Fsp3) is 0.250. The molecule has 154 valence electrons. The van der Waals surface area contributed by atoms with Crippen molar-refractivity contribution in [3.8, 4) is 0 Å². The Morgan fingerprint density at radius 1 is 1.07 bits per heavy atom. The molecule has 3 aromatic rings. The Hall–Kier alpha value is -3.54. The molecule has 0 radical (unpaired) electrons. The third-order valence-electron chi connectivity index (χ3n) is 5.38. The number of anilines is 3. The van der Waals surface area contributed by atoms with Gasteiger partial charge in [0.15, 0.2) is 0 Å². The molecule has 6 nitrogen and oxygen atoms in total. The molecule has 4 rings (SSSR count). The summed E-state index contributed by atoms with van der Waals surface area (Å²) in [4.78, 5) is 26.8. The first-order valence-corrected chi connectivity index (χ1v) is 10.2. The molecule has 0 saturated carbocycles. The maximum atomic E-state index is 12.9. The highest BCUT2D eigenvalue weighted by molar-refractivity contribution is 6.05. The molecule has 2 heterocycles. The molecule has 0 fully saturated rings. The molecular formula is C24H25N3O3. The average molecular weight is 403 g/mol. The zero-order valence-electron chi connectivity index (χ0n) is 17.1. The smallest absolute Gasteiger partial charge is 0.259 e. The Kier molecular flexibility index (Phi) is 5.57. The fourth-order valence-electron chi connectivity index (χ4n) is 3.81. The maximum Gasteiger partial charge on any atom is 0.259 e. The maximum absolute atomic E-state index is 12.9. The Morgan fingerprint density at radius 3 is 2.63 bits per heavy atom. The van der Waals surface area contributed by atoms with E-state index in [2.05, 4.69) is 40.7 Å². The summed E-state index contributed by atoms with van der Waals surface area (Å²) in [6.07, 6.45) is 2.93. The van der Waals surface area contributed by atoms with E-state index in [4.69, 9.17) is 4.42 Å². The number of rotatable bonds is 6. The van der Waals surface area contributed by atoms with Crippen LogP contribution in [0.25, 0.3) is 0 Å². The second-order valence-corrected chi connectivity index (χ2v) is 7.50. The minimum absolute atomic E-state index is 0.0735. The third kappa shape index (κ3) is 4.08. The number of nitrogens with one attached hydrogen (secondary N) is 2. The molecule has 2 amide bonds. The highest BCUT2D eigenvalue weighted by Crippen LogP contribution is 2.33. The van der Waals surface area contributed by atoms with Gasteiger partial charge >= 0.3 is 0 Å². The van der Waals surface area contributed by atoms with Crippen LogP contribution in [0.2, 0.25) is 0 Å². The Morgan fingerprint density at radius 2 is 1.83 bits per heavy atom. The summed E-state index contributed by atoms with van der Waals surface area (Å²) in [6.45, 7) is 4.50. The van der Waals surface area contributed by atoms with Gasteiger partial charge < -0.3 is 20.0 Å². The number of fused-ring (bicyclic) bond motifs is 1. The minimum Gasteiger partial charge on any atom is -0.467 e. The lowest BCUT2D eigenvalue weighted by Gasteiger charge is -2.24. The lowest BCUT2D eigenvalue weighted by atomic mass is 10.1. The van der Waals surface area contributed by atoms with Crippen LogP contribution < -0.4 is 15.5 Å². The number of hydrogen-bond acceptors (Lipinski definition) is 4. The van der Waals surface area contributed by atoms with E-state index in [1.54, 1.807) is 43.5 Å². The SMILES string of the molecule is CCC(=O)Nc1cccc(NC(=O)c2ccoc2CN2c3ccccc3CC2C)c1. The van der Waals surface area contributed by atoms with Crippen molar-refractivity contribution in [3.63, 3.8) is 0 Å². The molecule has 1 atom stereocenters. The average Bonchev–Trinajstić information content (AvgIpc) is 3.33. The van der Waals surface area contributed by atoms with Gasteiger partial charge in [-0.25, -0.2) is 0 Å². The minimum atomic E-state index is -0.238. The van der Waals surface area contributed by atoms with Crippen LogP contribution in [0.3, 0.4) is 0 Å². The van der Waals surface area contributed by atoms with Crippen molar-refractivity contribution in [2.24, 2.45) is 0 Å². The van der Waals surface area contributed by atoms with Crippen LogP contribution in [0.4, 0.5) is 17.1 Å². The quantitative estimate of drug-likeness (QED) is 0.618. The lowest BCUT2D eigenvalue weighted by Crippen LogP contribution is -2.29. The van der Waals surface area contributed by atoms with Gasteiger partial charge in [-0.2, -0.15) is 0 Å². The molecule has 1 unspecified atom stereocenters. The van der Waals surface area contributed by atoms with Crippen molar-refractivity contribution in [1.29, 1.82) is 0 Å². The number of para-hydroxylation sites is 1. The van der Waals surface area contributed by atoms with E-state index in [-0.39, 0.29) is 11.8 Å². The summed E-state index contributed by atoms with van der Waals surface area (Å²) in [5, 5.41) is 5.70. The molecule has 1 aromatic heterocycles. The van der Waals surface area contributed by atoms with Gasteiger partial charge in [-0.3, -0.25) is 9.59 Å². The number of carbonyl (C=O) groups excluding carboxylic acids is 2. The van der Waals surface area contributed by atoms with Gasteiger partial charge in [0.2, 0.25) is 5.91 Å². The van der Waals surface area contributed by atoms with Gasteiger partial charge in [-0.15, -0.1) is 0 Å². The number of hydrogen-bond donors (Lipinski definition) is 2. The van der Waals surface area contributed by atoms with Crippen LogP contribution >= 0.6 is 0 Å². The molecule has 2 aromatic carbocycles. The molecule has 2 N–H and O–H groups in total. The largest absolute Gasteiger partial charge is 0.467 e. The molecule has 1 aliphatic heterocycles. The first-order valence-electron chi connectivity index (χ1n) is 10.2. The second kappa shape index (κ2) is 8.45. The molecule has 6 heteroatoms. The van der Waals surface area contributed by atoms with Crippen LogP contribution in [0.15, 0.2) is 65.3 Å². The van der Waals surface area contributed by atoms with E-state index >= 15 is 0 Å². The van der Waals surface area contributed by atoms with Crippen LogP contribution in [0.1, 0.15) is 41.9 Å². The molecule has 0 aliphatic carbocycles. The monoisotopic (exact) mass is 403 g/mol. The predicted octanol–water partition coefficient (Wildman–Crippen LogP) is 4.83. The van der Waals surface area contributed by atoms with E-state index in [9.17, 15) is 9.59 Å². The van der Waals surface area contributed by atoms with Crippen molar-refractivity contribution in [3.05, 3.63) is 77.7 Å². The number of furan rings is 1. The third-order valence-corrected chi connectivity index (χ3v) is 5.38. The molecule has 0 spiro atoms. The number of amides is 2. The van der Waals surface area contributed by atoms with Crippen LogP contribution in [-0.2, 0) is 17.8 Å². The molecule has 30 heavy (non-hydrogen) atoms. The molecular weight excluding hydrogens is 378 g/mol. The zero-order valence-corrected chi connectivity index (χ0v) is 17.1. The summed E-state index contributed by atoms with van der Waals surface area (Å²) in [7, 11) is 0. The van der Waals surface area contributed by atoms with Crippen molar-refractivity contribution in [1.82, 2.24) is 0 Å². The van der Waals surface area contributed by atoms with E-state index in [0.717, 1.165) is 6.42 Å². The van der Waals surface area contributed by atoms with Crippen molar-refractivity contribution in [2.45, 2.75) is 39.3 Å². The van der Waals surface area contributed by atoms with E-state index in [0.29, 0.717) is 41.7 Å². The molecule has 1 aliphatic rings. The van der Waals surface area contributed by atoms with Crippen molar-refractivity contribution < 1.29 is 14.0 Å². The first-order chi connectivity index (χ1) is 14.5. The summed E-state index contributed by atoms with van der Waals surface area (Å²) in [5.41, 5.74) is 4.27. The Bertz CT molecular complexity index is 1070. The molecule has 0 saturated heterocycles. The van der Waals surface area contributed by atoms with Gasteiger partial charge in [0.25, 0.3) is 5.91 Å². The van der Waals surface area contributed by atoms with Gasteiger partial charge in [-0.05, 0) is 49.2 Å².